The van der Waals surface area contributed by atoms with E-state index >= 15 is 0 Å². The van der Waals surface area contributed by atoms with Crippen molar-refractivity contribution in [3.8, 4) is 0 Å². The highest BCUT2D eigenvalue weighted by Gasteiger charge is 2.40. The average molecular weight is 170 g/mol. The third kappa shape index (κ3) is 1.64. The highest BCUT2D eigenvalue weighted by atomic mass is 16.3. The van der Waals surface area contributed by atoms with Gasteiger partial charge in [0.2, 0.25) is 0 Å². The van der Waals surface area contributed by atoms with E-state index in [1.165, 1.54) is 0 Å². The summed E-state index contributed by atoms with van der Waals surface area (Å²) in [5.74, 6) is 0. The first-order valence-electron chi connectivity index (χ1n) is 4.60. The number of aliphatic hydroxyl groups excluding tert-OH is 1. The van der Waals surface area contributed by atoms with Crippen molar-refractivity contribution in [1.29, 1.82) is 0 Å². The van der Waals surface area contributed by atoms with Crippen molar-refractivity contribution in [3.63, 3.8) is 0 Å². The van der Waals surface area contributed by atoms with Crippen LogP contribution >= 0.6 is 0 Å². The van der Waals surface area contributed by atoms with Gasteiger partial charge in [0.15, 0.2) is 0 Å². The predicted molar refractivity (Wildman–Crippen MR) is 50.6 cm³/mol. The van der Waals surface area contributed by atoms with Crippen molar-refractivity contribution >= 4 is 0 Å². The second-order valence-corrected chi connectivity index (χ2v) is 4.89. The normalized spacial score (nSPS) is 28.8. The minimum absolute atomic E-state index is 0.108. The van der Waals surface area contributed by atoms with E-state index in [4.69, 9.17) is 0 Å². The van der Waals surface area contributed by atoms with Crippen LogP contribution in [-0.2, 0) is 0 Å². The fourth-order valence-corrected chi connectivity index (χ4v) is 2.20. The Hall–Kier alpha value is -0.0800. The fraction of sp³-hybridized carbons (Fsp3) is 0.900. The molecule has 0 amide bonds. The predicted octanol–water partition coefficient (Wildman–Crippen LogP) is 1.79. The monoisotopic (exact) mass is 170 g/mol. The quantitative estimate of drug-likeness (QED) is 0.648. The zero-order valence-corrected chi connectivity index (χ0v) is 8.59. The van der Waals surface area contributed by atoms with Gasteiger partial charge in [0.25, 0.3) is 0 Å². The van der Waals surface area contributed by atoms with Crippen LogP contribution in [0.4, 0.5) is 0 Å². The lowest BCUT2D eigenvalue weighted by Gasteiger charge is -2.51. The molecule has 71 valence electrons. The van der Waals surface area contributed by atoms with E-state index < -0.39 is 0 Å². The molecule has 1 fully saturated rings. The second-order valence-electron chi connectivity index (χ2n) is 4.89. The molecule has 2 heteroatoms. The van der Waals surface area contributed by atoms with E-state index in [2.05, 4.69) is 39.0 Å². The molecule has 0 spiro atoms. The van der Waals surface area contributed by atoms with Gasteiger partial charge in [0.1, 0.15) is 0 Å². The maximum absolute atomic E-state index is 9.27. The summed E-state index contributed by atoms with van der Waals surface area (Å²) >= 11 is 0. The largest absolute Gasteiger partial charge is 0.381 e. The van der Waals surface area contributed by atoms with Gasteiger partial charge in [-0.1, -0.05) is 0 Å². The molecule has 1 saturated heterocycles. The van der Waals surface area contributed by atoms with Gasteiger partial charge >= 0.3 is 0 Å². The Bertz CT molecular complexity index is 147. The molecule has 1 rings (SSSR count). The van der Waals surface area contributed by atoms with Crippen molar-refractivity contribution in [2.45, 2.75) is 51.6 Å². The highest BCUT2D eigenvalue weighted by Crippen LogP contribution is 2.36. The summed E-state index contributed by atoms with van der Waals surface area (Å²) < 4.78 is 0. The Kier molecular flexibility index (Phi) is 2.50. The summed E-state index contributed by atoms with van der Waals surface area (Å²) in [5, 5.41) is 9.27. The maximum Gasteiger partial charge on any atom is 0.0965 e. The Labute approximate surface area is 75.6 Å². The number of piperidine rings is 1. The van der Waals surface area contributed by atoms with E-state index in [0.717, 1.165) is 12.8 Å². The summed E-state index contributed by atoms with van der Waals surface area (Å²) in [4.78, 5) is 2.17. The Morgan fingerprint density at radius 3 is 1.83 bits per heavy atom. The van der Waals surface area contributed by atoms with Crippen LogP contribution in [0.25, 0.3) is 0 Å². The summed E-state index contributed by atoms with van der Waals surface area (Å²) in [6, 6.07) is 0. The molecule has 1 heterocycles. The molecule has 0 aromatic rings. The van der Waals surface area contributed by atoms with Crippen LogP contribution in [0.2, 0.25) is 0 Å². The van der Waals surface area contributed by atoms with Gasteiger partial charge in [-0.3, -0.25) is 4.90 Å². The van der Waals surface area contributed by atoms with Gasteiger partial charge in [0.05, 0.1) is 6.73 Å². The number of hydrogen-bond acceptors (Lipinski definition) is 2. The van der Waals surface area contributed by atoms with Crippen LogP contribution in [0.5, 0.6) is 0 Å². The minimum atomic E-state index is 0.108. The molecule has 0 unspecified atom stereocenters. The van der Waals surface area contributed by atoms with Gasteiger partial charge in [-0.05, 0) is 47.0 Å². The first-order valence-corrected chi connectivity index (χ1v) is 4.60. The average Bonchev–Trinajstić information content (AvgIpc) is 1.83. The first kappa shape index (κ1) is 10.0. The molecular weight excluding hydrogens is 150 g/mol. The van der Waals surface area contributed by atoms with E-state index in [0.29, 0.717) is 0 Å². The van der Waals surface area contributed by atoms with Crippen molar-refractivity contribution in [1.82, 2.24) is 4.90 Å². The van der Waals surface area contributed by atoms with Crippen molar-refractivity contribution in [3.05, 3.63) is 6.42 Å². The first-order chi connectivity index (χ1) is 5.40. The molecular formula is C10H20NO. The van der Waals surface area contributed by atoms with Crippen molar-refractivity contribution < 1.29 is 5.11 Å². The lowest BCUT2D eigenvalue weighted by Crippen LogP contribution is -2.58. The van der Waals surface area contributed by atoms with E-state index in [-0.39, 0.29) is 17.8 Å². The summed E-state index contributed by atoms with van der Waals surface area (Å²) in [6.07, 6.45) is 4.46. The summed E-state index contributed by atoms with van der Waals surface area (Å²) in [6.45, 7) is 8.89. The Morgan fingerprint density at radius 1 is 1.17 bits per heavy atom. The lowest BCUT2D eigenvalue weighted by molar-refractivity contribution is -0.0674. The van der Waals surface area contributed by atoms with Gasteiger partial charge in [-0.25, -0.2) is 0 Å². The van der Waals surface area contributed by atoms with E-state index in [9.17, 15) is 5.11 Å². The van der Waals surface area contributed by atoms with Crippen LogP contribution in [0.1, 0.15) is 40.5 Å². The molecule has 1 aliphatic rings. The smallest absolute Gasteiger partial charge is 0.0965 e. The molecule has 0 atom stereocenters. The molecule has 0 aliphatic carbocycles. The molecule has 0 aromatic heterocycles. The van der Waals surface area contributed by atoms with E-state index in [1.807, 2.05) is 0 Å². The van der Waals surface area contributed by atoms with Gasteiger partial charge in [-0.15, -0.1) is 0 Å². The zero-order valence-electron chi connectivity index (χ0n) is 8.59. The van der Waals surface area contributed by atoms with Crippen molar-refractivity contribution in [2.24, 2.45) is 0 Å². The summed E-state index contributed by atoms with van der Waals surface area (Å²) in [5.41, 5.74) is 0.215. The molecule has 12 heavy (non-hydrogen) atoms. The van der Waals surface area contributed by atoms with Gasteiger partial charge in [-0.2, -0.15) is 0 Å². The van der Waals surface area contributed by atoms with Gasteiger partial charge < -0.3 is 5.11 Å². The third-order valence-electron chi connectivity index (χ3n) is 2.89. The number of likely N-dealkylation sites (tertiary alicyclic amines) is 1. The van der Waals surface area contributed by atoms with Crippen LogP contribution in [0.3, 0.4) is 0 Å². The zero-order chi connectivity index (χ0) is 9.41. The number of hydrogen-bond donors (Lipinski definition) is 1. The third-order valence-corrected chi connectivity index (χ3v) is 2.89. The molecule has 1 radical (unpaired) electrons. The Balaban J connectivity index is 2.81. The molecule has 0 bridgehead atoms. The van der Waals surface area contributed by atoms with E-state index in [1.54, 1.807) is 0 Å². The molecule has 1 aliphatic heterocycles. The van der Waals surface area contributed by atoms with Crippen LogP contribution in [0, 0.1) is 6.42 Å². The Morgan fingerprint density at radius 2 is 1.58 bits per heavy atom. The number of rotatable bonds is 1. The molecule has 0 aromatic carbocycles. The van der Waals surface area contributed by atoms with Gasteiger partial charge in [0, 0.05) is 11.1 Å². The maximum atomic E-state index is 9.27. The molecule has 2 nitrogen and oxygen atoms in total. The second kappa shape index (κ2) is 3.00. The van der Waals surface area contributed by atoms with Crippen LogP contribution < -0.4 is 0 Å². The SMILES string of the molecule is CC1(C)C[CH]CC(C)(C)N1CO. The lowest BCUT2D eigenvalue weighted by atomic mass is 9.80. The minimum Gasteiger partial charge on any atom is -0.381 e. The van der Waals surface area contributed by atoms with Crippen LogP contribution in [-0.4, -0.2) is 27.8 Å². The number of aliphatic hydroxyl groups is 1. The topological polar surface area (TPSA) is 23.5 Å². The highest BCUT2D eigenvalue weighted by molar-refractivity contribution is 5.01. The summed E-state index contributed by atoms with van der Waals surface area (Å²) in [7, 11) is 0. The number of nitrogens with zero attached hydrogens (tertiary/aromatic N) is 1. The standard InChI is InChI=1S/C10H20NO/c1-9(2)6-5-7-10(3,4)11(9)8-12/h5,12H,6-8H2,1-4H3. The van der Waals surface area contributed by atoms with Crippen LogP contribution in [0.15, 0.2) is 0 Å². The molecule has 0 saturated carbocycles. The molecule has 1 N–H and O–H groups in total. The van der Waals surface area contributed by atoms with Crippen molar-refractivity contribution in [2.75, 3.05) is 6.73 Å². The fourth-order valence-electron chi connectivity index (χ4n) is 2.20.